The average Bonchev–Trinajstić information content (AvgIpc) is 3.29. The van der Waals surface area contributed by atoms with Crippen LogP contribution in [0.5, 0.6) is 0 Å². The van der Waals surface area contributed by atoms with Crippen molar-refractivity contribution in [2.75, 3.05) is 32.2 Å². The maximum atomic E-state index is 13.2. The highest BCUT2D eigenvalue weighted by molar-refractivity contribution is 5.97. The minimum atomic E-state index is -0.602. The highest BCUT2D eigenvalue weighted by Crippen LogP contribution is 2.75. The van der Waals surface area contributed by atoms with Gasteiger partial charge < -0.3 is 9.47 Å². The lowest BCUT2D eigenvalue weighted by Crippen LogP contribution is -2.79. The molecule has 3 aliphatic carbocycles. The molecule has 0 radical (unpaired) electrons. The average molecular weight is 396 g/mol. The molecule has 2 saturated heterocycles. The Bertz CT molecular complexity index is 918. The SMILES string of the molecule is COC(=O)[C@H]1C[C@@]23CCCN4CC[C@@]5(c6ccccc6N(C(=O)OC)[C@@]15CC2)[C@H]43. The van der Waals surface area contributed by atoms with Gasteiger partial charge in [-0.3, -0.25) is 14.6 Å². The van der Waals surface area contributed by atoms with E-state index < -0.39 is 5.54 Å². The summed E-state index contributed by atoms with van der Waals surface area (Å²) in [7, 11) is 2.92. The van der Waals surface area contributed by atoms with Gasteiger partial charge in [0.05, 0.1) is 31.4 Å². The van der Waals surface area contributed by atoms with Crippen molar-refractivity contribution < 1.29 is 19.1 Å². The summed E-state index contributed by atoms with van der Waals surface area (Å²) in [6.45, 7) is 2.15. The number of anilines is 1. The van der Waals surface area contributed by atoms with Gasteiger partial charge in [-0.2, -0.15) is 0 Å². The van der Waals surface area contributed by atoms with E-state index in [1.165, 1.54) is 32.6 Å². The van der Waals surface area contributed by atoms with Crippen LogP contribution in [-0.2, 0) is 19.7 Å². The number of esters is 1. The Kier molecular flexibility index (Phi) is 3.39. The normalized spacial score (nSPS) is 41.5. The van der Waals surface area contributed by atoms with Crippen LogP contribution in [0.3, 0.4) is 0 Å². The van der Waals surface area contributed by atoms with Crippen LogP contribution in [0.25, 0.3) is 0 Å². The number of amides is 1. The molecular weight excluding hydrogens is 368 g/mol. The summed E-state index contributed by atoms with van der Waals surface area (Å²) in [5.74, 6) is -0.491. The monoisotopic (exact) mass is 396 g/mol. The molecule has 5 atom stereocenters. The lowest BCUT2D eigenvalue weighted by atomic mass is 9.38. The van der Waals surface area contributed by atoms with E-state index in [0.717, 1.165) is 44.5 Å². The van der Waals surface area contributed by atoms with Crippen LogP contribution < -0.4 is 4.90 Å². The molecule has 3 heterocycles. The molecule has 1 amide bonds. The lowest BCUT2D eigenvalue weighted by Gasteiger charge is -2.69. The smallest absolute Gasteiger partial charge is 0.414 e. The molecule has 6 nitrogen and oxygen atoms in total. The van der Waals surface area contributed by atoms with Gasteiger partial charge in [0.2, 0.25) is 0 Å². The summed E-state index contributed by atoms with van der Waals surface area (Å²) in [6.07, 6.45) is 5.69. The number of carbonyl (C=O) groups excluding carboxylic acids is 2. The van der Waals surface area contributed by atoms with E-state index in [0.29, 0.717) is 6.04 Å². The van der Waals surface area contributed by atoms with Crippen LogP contribution >= 0.6 is 0 Å². The highest BCUT2D eigenvalue weighted by Gasteiger charge is 2.81. The second-order valence-electron chi connectivity index (χ2n) is 9.65. The van der Waals surface area contributed by atoms with E-state index in [1.807, 2.05) is 17.0 Å². The number of hydrogen-bond acceptors (Lipinski definition) is 5. The number of ether oxygens (including phenoxy) is 2. The molecule has 6 aliphatic rings. The number of nitrogens with zero attached hydrogens (tertiary/aromatic N) is 2. The van der Waals surface area contributed by atoms with Gasteiger partial charge >= 0.3 is 12.1 Å². The molecule has 2 bridgehead atoms. The third kappa shape index (κ3) is 1.72. The Labute approximate surface area is 171 Å². The number of carbonyl (C=O) groups is 2. The molecule has 6 heteroatoms. The number of benzene rings is 1. The molecule has 3 saturated carbocycles. The van der Waals surface area contributed by atoms with Gasteiger partial charge in [0.25, 0.3) is 0 Å². The van der Waals surface area contributed by atoms with Crippen LogP contribution in [-0.4, -0.2) is 55.9 Å². The molecule has 0 N–H and O–H groups in total. The fourth-order valence-corrected chi connectivity index (χ4v) is 8.59. The molecule has 0 unspecified atom stereocenters. The predicted octanol–water partition coefficient (Wildman–Crippen LogP) is 3.09. The second-order valence-corrected chi connectivity index (χ2v) is 9.65. The predicted molar refractivity (Wildman–Crippen MR) is 107 cm³/mol. The van der Waals surface area contributed by atoms with Gasteiger partial charge in [0.15, 0.2) is 0 Å². The van der Waals surface area contributed by atoms with Gasteiger partial charge in [-0.15, -0.1) is 0 Å². The van der Waals surface area contributed by atoms with Crippen molar-refractivity contribution in [3.63, 3.8) is 0 Å². The molecule has 154 valence electrons. The minimum Gasteiger partial charge on any atom is -0.469 e. The summed E-state index contributed by atoms with van der Waals surface area (Å²) in [5.41, 5.74) is 1.47. The van der Waals surface area contributed by atoms with Crippen LogP contribution in [0.1, 0.15) is 44.1 Å². The van der Waals surface area contributed by atoms with Crippen LogP contribution in [0.15, 0.2) is 24.3 Å². The highest BCUT2D eigenvalue weighted by atomic mass is 16.5. The Balaban J connectivity index is 1.69. The number of hydrogen-bond donors (Lipinski definition) is 0. The van der Waals surface area contributed by atoms with E-state index in [9.17, 15) is 9.59 Å². The Morgan fingerprint density at radius 3 is 2.66 bits per heavy atom. The van der Waals surface area contributed by atoms with Crippen molar-refractivity contribution in [2.45, 2.75) is 55.5 Å². The van der Waals surface area contributed by atoms with Crippen molar-refractivity contribution in [1.29, 1.82) is 0 Å². The molecule has 29 heavy (non-hydrogen) atoms. The minimum absolute atomic E-state index is 0.134. The van der Waals surface area contributed by atoms with E-state index in [1.54, 1.807) is 0 Å². The van der Waals surface area contributed by atoms with Gasteiger partial charge in [0.1, 0.15) is 0 Å². The molecule has 5 fully saturated rings. The zero-order valence-corrected chi connectivity index (χ0v) is 17.1. The fourth-order valence-electron chi connectivity index (χ4n) is 8.59. The van der Waals surface area contributed by atoms with Gasteiger partial charge in [-0.25, -0.2) is 4.79 Å². The number of piperidine rings is 1. The summed E-state index contributed by atoms with van der Waals surface area (Å²) in [4.78, 5) is 31.0. The Morgan fingerprint density at radius 1 is 1.03 bits per heavy atom. The van der Waals surface area contributed by atoms with Crippen molar-refractivity contribution in [2.24, 2.45) is 11.3 Å². The van der Waals surface area contributed by atoms with Crippen molar-refractivity contribution in [3.8, 4) is 0 Å². The molecule has 7 rings (SSSR count). The van der Waals surface area contributed by atoms with E-state index in [2.05, 4.69) is 17.0 Å². The third-order valence-electron chi connectivity index (χ3n) is 9.16. The van der Waals surface area contributed by atoms with Crippen LogP contribution in [0, 0.1) is 11.3 Å². The van der Waals surface area contributed by atoms with Gasteiger partial charge in [-0.05, 0) is 68.7 Å². The first-order chi connectivity index (χ1) is 14.1. The summed E-state index contributed by atoms with van der Waals surface area (Å²) < 4.78 is 10.7. The Hall–Kier alpha value is -2.08. The quantitative estimate of drug-likeness (QED) is 0.683. The number of methoxy groups -OCH3 is 2. The summed E-state index contributed by atoms with van der Waals surface area (Å²) >= 11 is 0. The molecule has 3 spiro atoms. The largest absolute Gasteiger partial charge is 0.469 e. The first-order valence-electron chi connectivity index (χ1n) is 10.9. The van der Waals surface area contributed by atoms with E-state index in [4.69, 9.17) is 9.47 Å². The fraction of sp³-hybridized carbons (Fsp3) is 0.652. The molecule has 0 aromatic heterocycles. The zero-order chi connectivity index (χ0) is 20.0. The lowest BCUT2D eigenvalue weighted by molar-refractivity contribution is -0.174. The summed E-state index contributed by atoms with van der Waals surface area (Å²) in [6, 6.07) is 8.68. The van der Waals surface area contributed by atoms with Crippen molar-refractivity contribution >= 4 is 17.7 Å². The standard InChI is InChI=1S/C23H28N2O4/c1-28-18(26)16-14-21-8-5-12-24-13-11-22(19(21)24)15-6-3-4-7-17(15)25(20(27)29-2)23(16,22)10-9-21/h3-4,6-7,16,19H,5,8-14H2,1-2H3/t16-,19-,21-,22-,23+/m1/s1. The number of fused-ring (bicyclic) bond motifs is 3. The molecule has 1 aromatic carbocycles. The second kappa shape index (κ2) is 5.54. The molecule has 1 aromatic rings. The van der Waals surface area contributed by atoms with E-state index in [-0.39, 0.29) is 28.8 Å². The maximum absolute atomic E-state index is 13.2. The van der Waals surface area contributed by atoms with Crippen LogP contribution in [0.2, 0.25) is 0 Å². The molecule has 3 aliphatic heterocycles. The number of para-hydroxylation sites is 1. The zero-order valence-electron chi connectivity index (χ0n) is 17.1. The Morgan fingerprint density at radius 2 is 1.86 bits per heavy atom. The summed E-state index contributed by atoms with van der Waals surface area (Å²) in [5, 5.41) is 0. The molecular formula is C23H28N2O4. The van der Waals surface area contributed by atoms with Gasteiger partial charge in [0, 0.05) is 11.5 Å². The number of rotatable bonds is 1. The van der Waals surface area contributed by atoms with Gasteiger partial charge in [-0.1, -0.05) is 18.2 Å². The first kappa shape index (κ1) is 17.8. The maximum Gasteiger partial charge on any atom is 0.414 e. The van der Waals surface area contributed by atoms with Crippen molar-refractivity contribution in [1.82, 2.24) is 4.90 Å². The van der Waals surface area contributed by atoms with Crippen molar-refractivity contribution in [3.05, 3.63) is 29.8 Å². The third-order valence-corrected chi connectivity index (χ3v) is 9.16. The van der Waals surface area contributed by atoms with Crippen LogP contribution in [0.4, 0.5) is 10.5 Å². The topological polar surface area (TPSA) is 59.1 Å². The first-order valence-corrected chi connectivity index (χ1v) is 10.9. The van der Waals surface area contributed by atoms with E-state index >= 15 is 0 Å².